The summed E-state index contributed by atoms with van der Waals surface area (Å²) in [6.45, 7) is 1.52. The summed E-state index contributed by atoms with van der Waals surface area (Å²) in [5.41, 5.74) is 2.24. The van der Waals surface area contributed by atoms with Crippen LogP contribution in [0.1, 0.15) is 34.8 Å². The first kappa shape index (κ1) is 15.5. The van der Waals surface area contributed by atoms with Crippen LogP contribution in [0.2, 0.25) is 0 Å². The summed E-state index contributed by atoms with van der Waals surface area (Å²) in [6, 6.07) is 8.92. The standard InChI is InChI=1S/C17H17N5O3/c23-17(13-3-1-2-12(8-13)16-18-10-25-22-16)19-15-9-14(20-21-15)11-4-6-24-7-5-11/h1-3,8-11H,4-7H2,(H2,19,20,21,23). The topological polar surface area (TPSA) is 106 Å². The number of aromatic nitrogens is 4. The molecule has 1 saturated heterocycles. The number of ether oxygens (including phenoxy) is 1. The molecule has 3 heterocycles. The molecule has 0 radical (unpaired) electrons. The van der Waals surface area contributed by atoms with Crippen molar-refractivity contribution in [3.63, 3.8) is 0 Å². The van der Waals surface area contributed by atoms with Gasteiger partial charge < -0.3 is 14.6 Å². The van der Waals surface area contributed by atoms with Crippen molar-refractivity contribution >= 4 is 11.7 Å². The Morgan fingerprint density at radius 1 is 1.24 bits per heavy atom. The zero-order chi connectivity index (χ0) is 17.1. The van der Waals surface area contributed by atoms with Gasteiger partial charge in [-0.15, -0.1) is 0 Å². The van der Waals surface area contributed by atoms with E-state index in [1.54, 1.807) is 18.2 Å². The van der Waals surface area contributed by atoms with Crippen LogP contribution in [0.4, 0.5) is 5.82 Å². The van der Waals surface area contributed by atoms with Crippen LogP contribution in [0.3, 0.4) is 0 Å². The molecule has 3 aromatic rings. The summed E-state index contributed by atoms with van der Waals surface area (Å²) in [7, 11) is 0. The normalized spacial score (nSPS) is 15.2. The van der Waals surface area contributed by atoms with Gasteiger partial charge in [-0.3, -0.25) is 9.89 Å². The molecule has 0 aliphatic carbocycles. The number of rotatable bonds is 4. The van der Waals surface area contributed by atoms with Crippen molar-refractivity contribution in [2.45, 2.75) is 18.8 Å². The summed E-state index contributed by atoms with van der Waals surface area (Å²) >= 11 is 0. The van der Waals surface area contributed by atoms with Gasteiger partial charge in [-0.25, -0.2) is 0 Å². The van der Waals surface area contributed by atoms with Crippen LogP contribution < -0.4 is 5.32 Å². The first-order chi connectivity index (χ1) is 12.3. The zero-order valence-electron chi connectivity index (χ0n) is 13.4. The van der Waals surface area contributed by atoms with Crippen LogP contribution in [-0.4, -0.2) is 39.5 Å². The van der Waals surface area contributed by atoms with E-state index in [9.17, 15) is 4.79 Å². The van der Waals surface area contributed by atoms with Crippen molar-refractivity contribution in [1.82, 2.24) is 20.3 Å². The lowest BCUT2D eigenvalue weighted by molar-refractivity contribution is 0.0845. The fraction of sp³-hybridized carbons (Fsp3) is 0.294. The number of amides is 1. The smallest absolute Gasteiger partial charge is 0.256 e. The van der Waals surface area contributed by atoms with Gasteiger partial charge in [0.1, 0.15) is 0 Å². The number of benzene rings is 1. The SMILES string of the molecule is O=C(Nc1cc(C2CCOCC2)[nH]n1)c1cccc(-c2ncon2)c1. The Morgan fingerprint density at radius 2 is 2.12 bits per heavy atom. The summed E-state index contributed by atoms with van der Waals surface area (Å²) in [5.74, 6) is 1.11. The molecule has 8 nitrogen and oxygen atoms in total. The van der Waals surface area contributed by atoms with E-state index < -0.39 is 0 Å². The van der Waals surface area contributed by atoms with E-state index in [0.717, 1.165) is 31.7 Å². The first-order valence-electron chi connectivity index (χ1n) is 8.11. The number of H-pyrrole nitrogens is 1. The van der Waals surface area contributed by atoms with Crippen LogP contribution in [0.25, 0.3) is 11.4 Å². The average molecular weight is 339 g/mol. The third-order valence-electron chi connectivity index (χ3n) is 4.24. The van der Waals surface area contributed by atoms with Crippen LogP contribution in [0.5, 0.6) is 0 Å². The molecule has 1 aromatic carbocycles. The number of nitrogens with zero attached hydrogens (tertiary/aromatic N) is 3. The molecule has 1 aliphatic heterocycles. The Balaban J connectivity index is 1.47. The minimum absolute atomic E-state index is 0.240. The van der Waals surface area contributed by atoms with Crippen molar-refractivity contribution in [3.05, 3.63) is 48.0 Å². The molecule has 2 N–H and O–H groups in total. The average Bonchev–Trinajstić information content (AvgIpc) is 3.35. The van der Waals surface area contributed by atoms with Gasteiger partial charge >= 0.3 is 0 Å². The Morgan fingerprint density at radius 3 is 2.92 bits per heavy atom. The predicted octanol–water partition coefficient (Wildman–Crippen LogP) is 2.61. The van der Waals surface area contributed by atoms with E-state index in [-0.39, 0.29) is 5.91 Å². The van der Waals surface area contributed by atoms with Crippen molar-refractivity contribution in [2.24, 2.45) is 0 Å². The monoisotopic (exact) mass is 339 g/mol. The minimum Gasteiger partial charge on any atom is -0.381 e. The van der Waals surface area contributed by atoms with E-state index in [1.165, 1.54) is 6.39 Å². The first-order valence-corrected chi connectivity index (χ1v) is 8.11. The fourth-order valence-corrected chi connectivity index (χ4v) is 2.90. The van der Waals surface area contributed by atoms with Crippen LogP contribution in [0.15, 0.2) is 41.2 Å². The third kappa shape index (κ3) is 3.43. The molecule has 0 unspecified atom stereocenters. The lowest BCUT2D eigenvalue weighted by Crippen LogP contribution is -2.14. The quantitative estimate of drug-likeness (QED) is 0.757. The van der Waals surface area contributed by atoms with E-state index in [1.807, 2.05) is 12.1 Å². The molecule has 0 bridgehead atoms. The molecule has 0 atom stereocenters. The van der Waals surface area contributed by atoms with Gasteiger partial charge in [0, 0.05) is 42.0 Å². The maximum Gasteiger partial charge on any atom is 0.256 e. The molecule has 0 spiro atoms. The van der Waals surface area contributed by atoms with Crippen molar-refractivity contribution in [2.75, 3.05) is 18.5 Å². The van der Waals surface area contributed by atoms with Gasteiger partial charge in [0.05, 0.1) is 0 Å². The number of aromatic amines is 1. The molecule has 1 fully saturated rings. The number of anilines is 1. The Bertz CT molecular complexity index is 853. The van der Waals surface area contributed by atoms with Crippen LogP contribution >= 0.6 is 0 Å². The van der Waals surface area contributed by atoms with E-state index >= 15 is 0 Å². The van der Waals surface area contributed by atoms with Crippen LogP contribution in [0, 0.1) is 0 Å². The number of hydrogen-bond donors (Lipinski definition) is 2. The molecule has 8 heteroatoms. The van der Waals surface area contributed by atoms with Gasteiger partial charge in [0.25, 0.3) is 5.91 Å². The predicted molar refractivity (Wildman–Crippen MR) is 89.1 cm³/mol. The van der Waals surface area contributed by atoms with Gasteiger partial charge in [0.2, 0.25) is 12.2 Å². The molecule has 128 valence electrons. The lowest BCUT2D eigenvalue weighted by atomic mass is 9.97. The highest BCUT2D eigenvalue weighted by Gasteiger charge is 2.19. The highest BCUT2D eigenvalue weighted by Crippen LogP contribution is 2.26. The molecule has 2 aromatic heterocycles. The summed E-state index contributed by atoms with van der Waals surface area (Å²) in [5, 5.41) is 13.8. The van der Waals surface area contributed by atoms with E-state index in [0.29, 0.717) is 28.7 Å². The van der Waals surface area contributed by atoms with Gasteiger partial charge in [-0.05, 0) is 25.0 Å². The number of carbonyl (C=O) groups excluding carboxylic acids is 1. The molecule has 1 aliphatic rings. The maximum absolute atomic E-state index is 12.5. The largest absolute Gasteiger partial charge is 0.381 e. The Kier molecular flexibility index (Phi) is 4.26. The molecular formula is C17H17N5O3. The van der Waals surface area contributed by atoms with Gasteiger partial charge in [-0.1, -0.05) is 17.3 Å². The van der Waals surface area contributed by atoms with Gasteiger partial charge in [0.15, 0.2) is 5.82 Å². The highest BCUT2D eigenvalue weighted by molar-refractivity contribution is 6.04. The third-order valence-corrected chi connectivity index (χ3v) is 4.24. The second kappa shape index (κ2) is 6.86. The van der Waals surface area contributed by atoms with Crippen molar-refractivity contribution < 1.29 is 14.1 Å². The van der Waals surface area contributed by atoms with Crippen molar-refractivity contribution in [3.8, 4) is 11.4 Å². The van der Waals surface area contributed by atoms with Crippen LogP contribution in [-0.2, 0) is 4.74 Å². The maximum atomic E-state index is 12.5. The lowest BCUT2D eigenvalue weighted by Gasteiger charge is -2.20. The second-order valence-electron chi connectivity index (χ2n) is 5.88. The summed E-state index contributed by atoms with van der Waals surface area (Å²) in [6.07, 6.45) is 3.17. The van der Waals surface area contributed by atoms with E-state index in [2.05, 4.69) is 25.7 Å². The summed E-state index contributed by atoms with van der Waals surface area (Å²) in [4.78, 5) is 16.5. The fourth-order valence-electron chi connectivity index (χ4n) is 2.90. The molecule has 0 saturated carbocycles. The molecule has 4 rings (SSSR count). The molecule has 25 heavy (non-hydrogen) atoms. The summed E-state index contributed by atoms with van der Waals surface area (Å²) < 4.78 is 10.1. The minimum atomic E-state index is -0.240. The Labute approximate surface area is 143 Å². The second-order valence-corrected chi connectivity index (χ2v) is 5.88. The molecule has 1 amide bonds. The number of carbonyl (C=O) groups is 1. The van der Waals surface area contributed by atoms with Crippen molar-refractivity contribution in [1.29, 1.82) is 0 Å². The van der Waals surface area contributed by atoms with E-state index in [4.69, 9.17) is 9.26 Å². The zero-order valence-corrected chi connectivity index (χ0v) is 13.4. The number of nitrogens with one attached hydrogen (secondary N) is 2. The highest BCUT2D eigenvalue weighted by atomic mass is 16.5. The Hall–Kier alpha value is -3.00. The van der Waals surface area contributed by atoms with Gasteiger partial charge in [-0.2, -0.15) is 10.1 Å². The number of hydrogen-bond acceptors (Lipinski definition) is 6. The molecular weight excluding hydrogens is 322 g/mol.